The van der Waals surface area contributed by atoms with Crippen molar-refractivity contribution in [3.05, 3.63) is 64.2 Å². The number of nitrogens with one attached hydrogen (secondary N) is 1. The molecule has 9 heteroatoms. The highest BCUT2D eigenvalue weighted by molar-refractivity contribution is 8.00. The Bertz CT molecular complexity index is 896. The molecule has 2 aromatic carbocycles. The Morgan fingerprint density at radius 1 is 1.10 bits per heavy atom. The number of non-ortho nitro benzene ring substituents is 1. The van der Waals surface area contributed by atoms with E-state index >= 15 is 0 Å². The van der Waals surface area contributed by atoms with E-state index < -0.39 is 22.7 Å². The fraction of sp³-hybridized carbons (Fsp3) is 0.250. The van der Waals surface area contributed by atoms with Crippen molar-refractivity contribution in [2.45, 2.75) is 30.4 Å². The number of benzene rings is 2. The summed E-state index contributed by atoms with van der Waals surface area (Å²) >= 11 is 1.18. The minimum Gasteiger partial charge on any atom is -0.456 e. The molecule has 152 valence electrons. The molecule has 1 atom stereocenters. The van der Waals surface area contributed by atoms with Crippen LogP contribution in [-0.2, 0) is 14.3 Å². The Kier molecular flexibility index (Phi) is 7.90. The van der Waals surface area contributed by atoms with Gasteiger partial charge in [-0.25, -0.2) is 0 Å². The van der Waals surface area contributed by atoms with E-state index in [0.29, 0.717) is 22.6 Å². The van der Waals surface area contributed by atoms with Crippen LogP contribution in [0.25, 0.3) is 0 Å². The Labute approximate surface area is 171 Å². The lowest BCUT2D eigenvalue weighted by Crippen LogP contribution is -2.21. The van der Waals surface area contributed by atoms with Gasteiger partial charge < -0.3 is 10.1 Å². The third-order valence-electron chi connectivity index (χ3n) is 3.85. The number of nitro benzene ring substituents is 1. The smallest absolute Gasteiger partial charge is 0.319 e. The van der Waals surface area contributed by atoms with Crippen LogP contribution < -0.4 is 5.32 Å². The maximum absolute atomic E-state index is 12.2. The van der Waals surface area contributed by atoms with E-state index in [2.05, 4.69) is 5.32 Å². The Hall–Kier alpha value is -3.20. The third-order valence-corrected chi connectivity index (χ3v) is 4.94. The van der Waals surface area contributed by atoms with Crippen LogP contribution in [0.1, 0.15) is 30.6 Å². The zero-order chi connectivity index (χ0) is 21.4. The number of esters is 1. The number of amides is 1. The SMILES string of the molecule is CCC(=O)Nc1ccc(C(=O)COC(=O)[C@@H](C)Sc2ccc([N+](=O)[O-])cc2)cc1. The predicted octanol–water partition coefficient (Wildman–Crippen LogP) is 3.85. The van der Waals surface area contributed by atoms with Crippen LogP contribution in [0.2, 0.25) is 0 Å². The molecule has 0 aliphatic rings. The van der Waals surface area contributed by atoms with Crippen LogP contribution in [0.5, 0.6) is 0 Å². The summed E-state index contributed by atoms with van der Waals surface area (Å²) in [5, 5.41) is 12.8. The minimum absolute atomic E-state index is 0.0320. The van der Waals surface area contributed by atoms with Crippen molar-refractivity contribution >= 4 is 40.8 Å². The second-order valence-electron chi connectivity index (χ2n) is 6.02. The van der Waals surface area contributed by atoms with Crippen molar-refractivity contribution in [3.8, 4) is 0 Å². The molecular weight excluding hydrogens is 396 g/mol. The number of ketones is 1. The zero-order valence-electron chi connectivity index (χ0n) is 15.9. The van der Waals surface area contributed by atoms with E-state index in [-0.39, 0.29) is 17.4 Å². The summed E-state index contributed by atoms with van der Waals surface area (Å²) in [4.78, 5) is 46.5. The topological polar surface area (TPSA) is 116 Å². The van der Waals surface area contributed by atoms with Gasteiger partial charge in [-0.15, -0.1) is 11.8 Å². The molecule has 8 nitrogen and oxygen atoms in total. The van der Waals surface area contributed by atoms with E-state index in [4.69, 9.17) is 4.74 Å². The van der Waals surface area contributed by atoms with Gasteiger partial charge in [0.2, 0.25) is 5.91 Å². The molecule has 0 aliphatic carbocycles. The van der Waals surface area contributed by atoms with Crippen LogP contribution in [0.3, 0.4) is 0 Å². The molecule has 2 aromatic rings. The maximum Gasteiger partial charge on any atom is 0.319 e. The standard InChI is InChI=1S/C20H20N2O6S/c1-3-19(24)21-15-6-4-14(5-7-15)18(23)12-28-20(25)13(2)29-17-10-8-16(9-11-17)22(26)27/h4-11,13H,3,12H2,1-2H3,(H,21,24)/t13-/m1/s1. The summed E-state index contributed by atoms with van der Waals surface area (Å²) in [6.07, 6.45) is 0.354. The lowest BCUT2D eigenvalue weighted by Gasteiger charge is -2.11. The number of carbonyl (C=O) groups excluding carboxylic acids is 3. The van der Waals surface area contributed by atoms with E-state index in [9.17, 15) is 24.5 Å². The number of Topliss-reactive ketones (excluding diaryl/α,β-unsaturated/α-hetero) is 1. The highest BCUT2D eigenvalue weighted by Gasteiger charge is 2.18. The van der Waals surface area contributed by atoms with Crippen LogP contribution in [0.15, 0.2) is 53.4 Å². The molecule has 0 saturated heterocycles. The molecule has 29 heavy (non-hydrogen) atoms. The van der Waals surface area contributed by atoms with Gasteiger partial charge in [0, 0.05) is 34.7 Å². The average Bonchev–Trinajstić information content (AvgIpc) is 2.72. The fourth-order valence-corrected chi connectivity index (χ4v) is 3.09. The molecule has 0 saturated carbocycles. The van der Waals surface area contributed by atoms with E-state index in [1.54, 1.807) is 50.2 Å². The molecule has 0 fully saturated rings. The van der Waals surface area contributed by atoms with Gasteiger partial charge in [0.15, 0.2) is 12.4 Å². The molecule has 0 spiro atoms. The second-order valence-corrected chi connectivity index (χ2v) is 7.44. The summed E-state index contributed by atoms with van der Waals surface area (Å²) in [5.74, 6) is -1.05. The minimum atomic E-state index is -0.587. The van der Waals surface area contributed by atoms with Crippen LogP contribution in [-0.4, -0.2) is 34.4 Å². The zero-order valence-corrected chi connectivity index (χ0v) is 16.7. The molecule has 0 radical (unpaired) electrons. The van der Waals surface area contributed by atoms with Gasteiger partial charge >= 0.3 is 5.97 Å². The van der Waals surface area contributed by atoms with Gasteiger partial charge in [-0.1, -0.05) is 6.92 Å². The van der Waals surface area contributed by atoms with Crippen molar-refractivity contribution in [3.63, 3.8) is 0 Å². The first-order valence-corrected chi connectivity index (χ1v) is 9.69. The van der Waals surface area contributed by atoms with Crippen LogP contribution >= 0.6 is 11.8 Å². The maximum atomic E-state index is 12.2. The average molecular weight is 416 g/mol. The lowest BCUT2D eigenvalue weighted by molar-refractivity contribution is -0.384. The van der Waals surface area contributed by atoms with Crippen LogP contribution in [0.4, 0.5) is 11.4 Å². The summed E-state index contributed by atoms with van der Waals surface area (Å²) in [5.41, 5.74) is 0.914. The lowest BCUT2D eigenvalue weighted by atomic mass is 10.1. The Morgan fingerprint density at radius 3 is 2.28 bits per heavy atom. The Morgan fingerprint density at radius 2 is 1.72 bits per heavy atom. The van der Waals surface area contributed by atoms with Crippen molar-refractivity contribution in [2.75, 3.05) is 11.9 Å². The molecule has 0 unspecified atom stereocenters. The van der Waals surface area contributed by atoms with Crippen molar-refractivity contribution in [2.24, 2.45) is 0 Å². The monoisotopic (exact) mass is 416 g/mol. The fourth-order valence-electron chi connectivity index (χ4n) is 2.22. The quantitative estimate of drug-likeness (QED) is 0.217. The van der Waals surface area contributed by atoms with Crippen LogP contribution in [0, 0.1) is 10.1 Å². The number of thioether (sulfide) groups is 1. The summed E-state index contributed by atoms with van der Waals surface area (Å²) in [7, 11) is 0. The number of anilines is 1. The van der Waals surface area contributed by atoms with Gasteiger partial charge in [0.25, 0.3) is 5.69 Å². The summed E-state index contributed by atoms with van der Waals surface area (Å²) < 4.78 is 5.08. The van der Waals surface area contributed by atoms with Gasteiger partial charge in [-0.3, -0.25) is 24.5 Å². The van der Waals surface area contributed by atoms with E-state index in [1.165, 1.54) is 23.9 Å². The predicted molar refractivity (Wildman–Crippen MR) is 109 cm³/mol. The molecule has 0 bridgehead atoms. The van der Waals surface area contributed by atoms with E-state index in [0.717, 1.165) is 0 Å². The first-order chi connectivity index (χ1) is 13.8. The summed E-state index contributed by atoms with van der Waals surface area (Å²) in [6.45, 7) is 2.97. The van der Waals surface area contributed by atoms with Crippen molar-refractivity contribution in [1.29, 1.82) is 0 Å². The number of hydrogen-bond acceptors (Lipinski definition) is 7. The molecule has 1 N–H and O–H groups in total. The third kappa shape index (κ3) is 6.72. The van der Waals surface area contributed by atoms with Crippen molar-refractivity contribution < 1.29 is 24.0 Å². The van der Waals surface area contributed by atoms with Crippen molar-refractivity contribution in [1.82, 2.24) is 0 Å². The molecule has 0 heterocycles. The number of carbonyl (C=O) groups is 3. The molecule has 0 aliphatic heterocycles. The first kappa shape index (κ1) is 22.1. The normalized spacial score (nSPS) is 11.4. The number of nitrogens with zero attached hydrogens (tertiary/aromatic N) is 1. The number of nitro groups is 1. The van der Waals surface area contributed by atoms with Gasteiger partial charge in [-0.05, 0) is 43.3 Å². The van der Waals surface area contributed by atoms with E-state index in [1.807, 2.05) is 0 Å². The highest BCUT2D eigenvalue weighted by atomic mass is 32.2. The largest absolute Gasteiger partial charge is 0.456 e. The van der Waals surface area contributed by atoms with Gasteiger partial charge in [0.1, 0.15) is 5.25 Å². The second kappa shape index (κ2) is 10.4. The summed E-state index contributed by atoms with van der Waals surface area (Å²) in [6, 6.07) is 12.1. The molecule has 1 amide bonds. The molecule has 0 aromatic heterocycles. The first-order valence-electron chi connectivity index (χ1n) is 8.81. The Balaban J connectivity index is 1.84. The number of hydrogen-bond donors (Lipinski definition) is 1. The van der Waals surface area contributed by atoms with Gasteiger partial charge in [-0.2, -0.15) is 0 Å². The molecule has 2 rings (SSSR count). The van der Waals surface area contributed by atoms with Gasteiger partial charge in [0.05, 0.1) is 4.92 Å². The number of rotatable bonds is 9. The molecular formula is C20H20N2O6S. The number of ether oxygens (including phenoxy) is 1. The highest BCUT2D eigenvalue weighted by Crippen LogP contribution is 2.26.